The number of aryl methyl sites for hydroxylation is 1. The highest BCUT2D eigenvalue weighted by Crippen LogP contribution is 2.29. The highest BCUT2D eigenvalue weighted by atomic mass is 35.5. The van der Waals surface area contributed by atoms with E-state index in [0.717, 1.165) is 5.56 Å². The summed E-state index contributed by atoms with van der Waals surface area (Å²) in [4.78, 5) is 41.7. The lowest BCUT2D eigenvalue weighted by Crippen LogP contribution is -2.24. The first-order valence-electron chi connectivity index (χ1n) is 9.13. The van der Waals surface area contributed by atoms with Crippen LogP contribution in [0.4, 0.5) is 11.5 Å². The van der Waals surface area contributed by atoms with Crippen molar-refractivity contribution in [1.29, 1.82) is 0 Å². The fourth-order valence-corrected chi connectivity index (χ4v) is 3.33. The third kappa shape index (κ3) is 3.73. The van der Waals surface area contributed by atoms with E-state index in [9.17, 15) is 14.4 Å². The number of allylic oxidation sites excluding steroid dienone is 2. The van der Waals surface area contributed by atoms with Crippen LogP contribution in [0, 0.1) is 6.92 Å². The number of nitrogens with zero attached hydrogens (tertiary/aromatic N) is 1. The lowest BCUT2D eigenvalue weighted by Gasteiger charge is -2.19. The molecule has 0 atom stereocenters. The number of benzene rings is 2. The minimum Gasteiger partial charge on any atom is -0.351 e. The SMILES string of the molecule is Cc1ccnc(NC(=O)c2ccc(NC3=C(Cl)C(=O)c4ccccc4C3=O)cc2)c1. The minimum absolute atomic E-state index is 0.0153. The molecule has 3 aromatic rings. The van der Waals surface area contributed by atoms with Gasteiger partial charge in [-0.15, -0.1) is 0 Å². The smallest absolute Gasteiger partial charge is 0.256 e. The molecule has 0 unspecified atom stereocenters. The van der Waals surface area contributed by atoms with Gasteiger partial charge in [-0.25, -0.2) is 4.98 Å². The zero-order valence-corrected chi connectivity index (χ0v) is 16.7. The Kier molecular flexibility index (Phi) is 5.16. The summed E-state index contributed by atoms with van der Waals surface area (Å²) in [6, 6.07) is 16.6. The van der Waals surface area contributed by atoms with Gasteiger partial charge in [-0.2, -0.15) is 0 Å². The zero-order valence-electron chi connectivity index (χ0n) is 15.9. The van der Waals surface area contributed by atoms with Crippen LogP contribution in [0.5, 0.6) is 0 Å². The Morgan fingerprint density at radius 2 is 1.60 bits per heavy atom. The van der Waals surface area contributed by atoms with Crippen LogP contribution in [0.1, 0.15) is 36.6 Å². The Morgan fingerprint density at radius 1 is 0.933 bits per heavy atom. The minimum atomic E-state index is -0.406. The number of rotatable bonds is 4. The first-order valence-corrected chi connectivity index (χ1v) is 9.51. The molecule has 1 aliphatic carbocycles. The van der Waals surface area contributed by atoms with Gasteiger partial charge in [-0.1, -0.05) is 35.9 Å². The maximum atomic E-state index is 12.8. The van der Waals surface area contributed by atoms with Crippen molar-refractivity contribution in [2.45, 2.75) is 6.92 Å². The number of carbonyl (C=O) groups excluding carboxylic acids is 3. The van der Waals surface area contributed by atoms with E-state index in [4.69, 9.17) is 11.6 Å². The van der Waals surface area contributed by atoms with Gasteiger partial charge in [0, 0.05) is 28.6 Å². The molecule has 1 heterocycles. The van der Waals surface area contributed by atoms with E-state index in [2.05, 4.69) is 15.6 Å². The van der Waals surface area contributed by atoms with Crippen molar-refractivity contribution in [2.75, 3.05) is 10.6 Å². The van der Waals surface area contributed by atoms with Crippen LogP contribution in [-0.2, 0) is 0 Å². The van der Waals surface area contributed by atoms with Gasteiger partial charge in [0.15, 0.2) is 0 Å². The van der Waals surface area contributed by atoms with Crippen LogP contribution < -0.4 is 10.6 Å². The van der Waals surface area contributed by atoms with E-state index in [-0.39, 0.29) is 28.0 Å². The first kappa shape index (κ1) is 19.5. The predicted molar refractivity (Wildman–Crippen MR) is 115 cm³/mol. The zero-order chi connectivity index (χ0) is 21.3. The molecule has 0 saturated carbocycles. The Labute approximate surface area is 177 Å². The summed E-state index contributed by atoms with van der Waals surface area (Å²) in [5.74, 6) is -0.613. The molecule has 30 heavy (non-hydrogen) atoms. The number of pyridine rings is 1. The predicted octanol–water partition coefficient (Wildman–Crippen LogP) is 4.58. The summed E-state index contributed by atoms with van der Waals surface area (Å²) in [6.45, 7) is 1.91. The number of carbonyl (C=O) groups is 3. The lowest BCUT2D eigenvalue weighted by molar-refractivity contribution is 0.0982. The molecule has 0 radical (unpaired) electrons. The van der Waals surface area contributed by atoms with Crippen molar-refractivity contribution in [1.82, 2.24) is 4.98 Å². The van der Waals surface area contributed by atoms with E-state index < -0.39 is 5.78 Å². The second-order valence-electron chi connectivity index (χ2n) is 6.77. The van der Waals surface area contributed by atoms with Crippen LogP contribution in [0.2, 0.25) is 0 Å². The quantitative estimate of drug-likeness (QED) is 0.648. The van der Waals surface area contributed by atoms with E-state index in [1.807, 2.05) is 13.0 Å². The van der Waals surface area contributed by atoms with Gasteiger partial charge < -0.3 is 10.6 Å². The van der Waals surface area contributed by atoms with E-state index in [1.165, 1.54) is 0 Å². The number of anilines is 2. The number of ketones is 2. The Hall–Kier alpha value is -3.77. The van der Waals surface area contributed by atoms with Crippen molar-refractivity contribution in [3.05, 3.63) is 99.8 Å². The van der Waals surface area contributed by atoms with Crippen molar-refractivity contribution >= 4 is 40.6 Å². The van der Waals surface area contributed by atoms with Crippen LogP contribution in [-0.4, -0.2) is 22.5 Å². The number of amides is 1. The molecule has 148 valence electrons. The number of nitrogens with one attached hydrogen (secondary N) is 2. The highest BCUT2D eigenvalue weighted by molar-refractivity contribution is 6.50. The van der Waals surface area contributed by atoms with Gasteiger partial charge in [0.05, 0.1) is 0 Å². The number of hydrogen-bond donors (Lipinski definition) is 2. The molecule has 1 aliphatic rings. The molecule has 2 aromatic carbocycles. The molecule has 0 bridgehead atoms. The molecule has 0 aliphatic heterocycles. The molecule has 1 amide bonds. The van der Waals surface area contributed by atoms with Crippen molar-refractivity contribution < 1.29 is 14.4 Å². The summed E-state index contributed by atoms with van der Waals surface area (Å²) in [6.07, 6.45) is 1.62. The third-order valence-electron chi connectivity index (χ3n) is 4.64. The normalized spacial score (nSPS) is 13.1. The maximum absolute atomic E-state index is 12.8. The van der Waals surface area contributed by atoms with Gasteiger partial charge in [0.2, 0.25) is 11.6 Å². The molecule has 4 rings (SSSR count). The van der Waals surface area contributed by atoms with Crippen LogP contribution in [0.15, 0.2) is 77.6 Å². The second-order valence-corrected chi connectivity index (χ2v) is 7.15. The third-order valence-corrected chi connectivity index (χ3v) is 5.00. The molecule has 6 nitrogen and oxygen atoms in total. The van der Waals surface area contributed by atoms with E-state index in [1.54, 1.807) is 60.8 Å². The highest BCUT2D eigenvalue weighted by Gasteiger charge is 2.31. The van der Waals surface area contributed by atoms with Crippen LogP contribution >= 0.6 is 11.6 Å². The first-order chi connectivity index (χ1) is 14.4. The van der Waals surface area contributed by atoms with Crippen molar-refractivity contribution in [3.63, 3.8) is 0 Å². The van der Waals surface area contributed by atoms with Gasteiger partial charge in [0.1, 0.15) is 16.5 Å². The molecular formula is C23H16ClN3O3. The summed E-state index contributed by atoms with van der Waals surface area (Å²) in [5.41, 5.74) is 2.53. The fraction of sp³-hybridized carbons (Fsp3) is 0.0435. The number of fused-ring (bicyclic) bond motifs is 1. The lowest BCUT2D eigenvalue weighted by atomic mass is 9.92. The molecule has 0 spiro atoms. The average Bonchev–Trinajstić information content (AvgIpc) is 2.75. The number of halogens is 1. The van der Waals surface area contributed by atoms with Gasteiger partial charge >= 0.3 is 0 Å². The Morgan fingerprint density at radius 3 is 2.27 bits per heavy atom. The second kappa shape index (κ2) is 7.93. The standard InChI is InChI=1S/C23H16ClN3O3/c1-13-10-11-25-18(12-13)27-23(30)14-6-8-15(9-7-14)26-20-19(24)21(28)16-4-2-3-5-17(16)22(20)29/h2-12,26H,1H3,(H,25,27,30). The molecule has 2 N–H and O–H groups in total. The van der Waals surface area contributed by atoms with E-state index >= 15 is 0 Å². The summed E-state index contributed by atoms with van der Waals surface area (Å²) in [7, 11) is 0. The Balaban J connectivity index is 1.52. The van der Waals surface area contributed by atoms with Gasteiger partial charge in [-0.05, 0) is 48.9 Å². The van der Waals surface area contributed by atoms with E-state index in [0.29, 0.717) is 22.6 Å². The molecular weight excluding hydrogens is 402 g/mol. The monoisotopic (exact) mass is 417 g/mol. The number of hydrogen-bond acceptors (Lipinski definition) is 5. The van der Waals surface area contributed by atoms with Gasteiger partial charge in [0.25, 0.3) is 5.91 Å². The largest absolute Gasteiger partial charge is 0.351 e. The summed E-state index contributed by atoms with van der Waals surface area (Å²) in [5, 5.41) is 5.48. The topological polar surface area (TPSA) is 88.2 Å². The van der Waals surface area contributed by atoms with Crippen molar-refractivity contribution in [3.8, 4) is 0 Å². The van der Waals surface area contributed by atoms with Crippen LogP contribution in [0.25, 0.3) is 0 Å². The summed E-state index contributed by atoms with van der Waals surface area (Å²) < 4.78 is 0. The molecule has 0 fully saturated rings. The maximum Gasteiger partial charge on any atom is 0.256 e. The van der Waals surface area contributed by atoms with Gasteiger partial charge in [-0.3, -0.25) is 14.4 Å². The average molecular weight is 418 g/mol. The van der Waals surface area contributed by atoms with Crippen LogP contribution in [0.3, 0.4) is 0 Å². The number of Topliss-reactive ketones (excluding diaryl/α,β-unsaturated/α-hetero) is 2. The van der Waals surface area contributed by atoms with Crippen molar-refractivity contribution in [2.24, 2.45) is 0 Å². The molecule has 0 saturated heterocycles. The summed E-state index contributed by atoms with van der Waals surface area (Å²) >= 11 is 6.17. The Bertz CT molecular complexity index is 1220. The fourth-order valence-electron chi connectivity index (χ4n) is 3.10. The number of aromatic nitrogens is 1. The molecule has 1 aromatic heterocycles. The molecule has 7 heteroatoms.